The van der Waals surface area contributed by atoms with Crippen molar-refractivity contribution in [3.63, 3.8) is 0 Å². The van der Waals surface area contributed by atoms with E-state index in [1.807, 2.05) is 57.5 Å². The summed E-state index contributed by atoms with van der Waals surface area (Å²) in [5, 5.41) is 25.1. The van der Waals surface area contributed by atoms with Gasteiger partial charge in [0.25, 0.3) is 0 Å². The minimum Gasteiger partial charge on any atom is -0.481 e. The topological polar surface area (TPSA) is 149 Å². The number of unbranched alkanes of at least 4 members (excludes halogenated alkanes) is 12. The van der Waals surface area contributed by atoms with Crippen LogP contribution in [0.25, 0.3) is 10.4 Å². The maximum atomic E-state index is 13.9. The number of β-amino-alcohol motifs (C(OH)–C–C–N with tert-alkyl or cyclic N) is 1. The molecule has 0 saturated carbocycles. The number of aryl methyl sites for hydroxylation is 1. The number of hydrogen-bond acceptors (Lipinski definition) is 7. The van der Waals surface area contributed by atoms with E-state index in [-0.39, 0.29) is 37.1 Å². The molecule has 1 aliphatic heterocycles. The highest BCUT2D eigenvalue weighted by atomic mass is 32.1. The van der Waals surface area contributed by atoms with Crippen molar-refractivity contribution in [1.82, 2.24) is 20.5 Å². The van der Waals surface area contributed by atoms with E-state index in [1.54, 1.807) is 11.3 Å². The van der Waals surface area contributed by atoms with E-state index in [9.17, 15) is 24.3 Å². The fourth-order valence-electron chi connectivity index (χ4n) is 6.52. The Balaban J connectivity index is 1.36. The summed E-state index contributed by atoms with van der Waals surface area (Å²) in [7, 11) is 0. The Hall–Kier alpha value is -3.31. The van der Waals surface area contributed by atoms with Gasteiger partial charge < -0.3 is 25.7 Å². The molecule has 1 aromatic heterocycles. The third kappa shape index (κ3) is 14.1. The van der Waals surface area contributed by atoms with Crippen LogP contribution in [0.15, 0.2) is 29.8 Å². The van der Waals surface area contributed by atoms with Crippen LogP contribution in [0.3, 0.4) is 0 Å². The van der Waals surface area contributed by atoms with E-state index in [2.05, 4.69) is 15.6 Å². The summed E-state index contributed by atoms with van der Waals surface area (Å²) in [6.45, 7) is 8.03. The van der Waals surface area contributed by atoms with Crippen molar-refractivity contribution >= 4 is 35.0 Å². The summed E-state index contributed by atoms with van der Waals surface area (Å²) >= 11 is 1.59. The number of aliphatic carboxylic acids is 1. The molecule has 2 heterocycles. The minimum atomic E-state index is -0.817. The average molecular weight is 713 g/mol. The van der Waals surface area contributed by atoms with Crippen molar-refractivity contribution in [2.24, 2.45) is 5.41 Å². The summed E-state index contributed by atoms with van der Waals surface area (Å²) in [4.78, 5) is 57.6. The Morgan fingerprint density at radius 2 is 1.42 bits per heavy atom. The van der Waals surface area contributed by atoms with Crippen molar-refractivity contribution in [2.75, 3.05) is 6.54 Å². The van der Waals surface area contributed by atoms with Crippen LogP contribution >= 0.6 is 11.3 Å². The predicted octanol–water partition coefficient (Wildman–Crippen LogP) is 7.16. The van der Waals surface area contributed by atoms with E-state index in [0.717, 1.165) is 66.6 Å². The standard InChI is InChI=1S/C39H60N4O6S/c1-28-35(50-27-41-28)30-22-20-29(21-23-30)25-40-37(48)32-24-31(44)26-43(32)38(49)36(39(2,3)4)42-33(45)18-16-14-12-10-8-6-5-7-9-11-13-15-17-19-34(46)47/h20-23,27,31-32,36,44H,5-19,24-26H2,1-4H3,(H,40,48)(H,42,45)(H,46,47)/t31-,32+,36-/m1/s1. The third-order valence-electron chi connectivity index (χ3n) is 9.51. The summed E-state index contributed by atoms with van der Waals surface area (Å²) < 4.78 is 0. The number of thiazole rings is 1. The lowest BCUT2D eigenvalue weighted by atomic mass is 9.85. The van der Waals surface area contributed by atoms with Gasteiger partial charge >= 0.3 is 5.97 Å². The van der Waals surface area contributed by atoms with E-state index >= 15 is 0 Å². The average Bonchev–Trinajstić information content (AvgIpc) is 3.68. The van der Waals surface area contributed by atoms with Crippen LogP contribution in [0.2, 0.25) is 0 Å². The lowest BCUT2D eigenvalue weighted by Gasteiger charge is -2.35. The van der Waals surface area contributed by atoms with Crippen LogP contribution in [0.4, 0.5) is 0 Å². The van der Waals surface area contributed by atoms with E-state index < -0.39 is 29.6 Å². The summed E-state index contributed by atoms with van der Waals surface area (Å²) in [6.07, 6.45) is 14.1. The molecule has 0 unspecified atom stereocenters. The Bertz CT molecular complexity index is 1360. The number of hydrogen-bond donors (Lipinski definition) is 4. The SMILES string of the molecule is Cc1ncsc1-c1ccc(CNC(=O)[C@@H]2C[C@@H](O)CN2C(=O)[C@@H](NC(=O)CCCCCCCCCCCCCCCC(=O)O)C(C)(C)C)cc1. The zero-order valence-corrected chi connectivity index (χ0v) is 31.5. The van der Waals surface area contributed by atoms with Gasteiger partial charge in [0.2, 0.25) is 17.7 Å². The van der Waals surface area contributed by atoms with Crippen molar-refractivity contribution in [2.45, 2.75) is 155 Å². The number of aliphatic hydroxyl groups excluding tert-OH is 1. The number of rotatable bonds is 22. The van der Waals surface area contributed by atoms with Crippen LogP contribution in [-0.4, -0.2) is 68.5 Å². The normalized spacial score (nSPS) is 16.7. The number of carboxylic acids is 1. The maximum Gasteiger partial charge on any atom is 0.303 e. The number of carbonyl (C=O) groups excluding carboxylic acids is 3. The van der Waals surface area contributed by atoms with Gasteiger partial charge in [-0.05, 0) is 36.3 Å². The van der Waals surface area contributed by atoms with Gasteiger partial charge in [0, 0.05) is 32.4 Å². The first-order chi connectivity index (χ1) is 23.9. The van der Waals surface area contributed by atoms with Gasteiger partial charge in [0.15, 0.2) is 0 Å². The number of nitrogens with zero attached hydrogens (tertiary/aromatic N) is 2. The molecular weight excluding hydrogens is 653 g/mol. The van der Waals surface area contributed by atoms with Gasteiger partial charge in [-0.3, -0.25) is 19.2 Å². The molecule has 3 rings (SSSR count). The monoisotopic (exact) mass is 712 g/mol. The highest BCUT2D eigenvalue weighted by Crippen LogP contribution is 2.28. The Kier molecular flexibility index (Phi) is 17.4. The quantitative estimate of drug-likeness (QED) is 0.0947. The van der Waals surface area contributed by atoms with Crippen molar-refractivity contribution in [1.29, 1.82) is 0 Å². The molecule has 11 heteroatoms. The first kappa shape index (κ1) is 41.1. The molecule has 1 saturated heterocycles. The fraction of sp³-hybridized carbons (Fsp3) is 0.667. The second-order valence-electron chi connectivity index (χ2n) is 14.9. The molecule has 0 bridgehead atoms. The number of aliphatic hydroxyl groups is 1. The number of carboxylic acid groups (broad SMARTS) is 1. The van der Waals surface area contributed by atoms with Crippen LogP contribution in [-0.2, 0) is 25.7 Å². The molecule has 0 spiro atoms. The van der Waals surface area contributed by atoms with Crippen molar-refractivity contribution in [3.05, 3.63) is 41.0 Å². The van der Waals surface area contributed by atoms with Gasteiger partial charge in [-0.25, -0.2) is 4.98 Å². The van der Waals surface area contributed by atoms with Crippen molar-refractivity contribution in [3.8, 4) is 10.4 Å². The second kappa shape index (κ2) is 21.1. The molecule has 1 aromatic carbocycles. The third-order valence-corrected chi connectivity index (χ3v) is 10.5. The molecule has 4 N–H and O–H groups in total. The van der Waals surface area contributed by atoms with Gasteiger partial charge in [0.1, 0.15) is 12.1 Å². The number of benzene rings is 1. The number of aromatic nitrogens is 1. The molecule has 2 aromatic rings. The molecule has 0 radical (unpaired) electrons. The molecule has 3 atom stereocenters. The molecule has 1 aliphatic rings. The summed E-state index contributed by atoms with van der Waals surface area (Å²) in [5.74, 6) is -1.53. The fourth-order valence-corrected chi connectivity index (χ4v) is 7.33. The summed E-state index contributed by atoms with van der Waals surface area (Å²) in [6, 6.07) is 6.32. The van der Waals surface area contributed by atoms with Crippen LogP contribution in [0.5, 0.6) is 0 Å². The summed E-state index contributed by atoms with van der Waals surface area (Å²) in [5.41, 5.74) is 4.22. The number of amides is 3. The number of likely N-dealkylation sites (tertiary alicyclic amines) is 1. The predicted molar refractivity (Wildman–Crippen MR) is 199 cm³/mol. The van der Waals surface area contributed by atoms with Gasteiger partial charge in [-0.1, -0.05) is 116 Å². The largest absolute Gasteiger partial charge is 0.481 e. The first-order valence-electron chi connectivity index (χ1n) is 18.6. The van der Waals surface area contributed by atoms with Crippen LogP contribution in [0, 0.1) is 12.3 Å². The minimum absolute atomic E-state index is 0.0524. The zero-order chi connectivity index (χ0) is 36.5. The zero-order valence-electron chi connectivity index (χ0n) is 30.7. The van der Waals surface area contributed by atoms with Gasteiger partial charge in [0.05, 0.1) is 22.2 Å². The molecule has 278 valence electrons. The Morgan fingerprint density at radius 3 is 1.92 bits per heavy atom. The number of carbonyl (C=O) groups is 4. The van der Waals surface area contributed by atoms with Crippen LogP contribution in [0.1, 0.15) is 135 Å². The highest BCUT2D eigenvalue weighted by molar-refractivity contribution is 7.13. The first-order valence-corrected chi connectivity index (χ1v) is 19.5. The molecule has 10 nitrogen and oxygen atoms in total. The molecule has 3 amide bonds. The molecular formula is C39H60N4O6S. The second-order valence-corrected chi connectivity index (χ2v) is 15.8. The lowest BCUT2D eigenvalue weighted by molar-refractivity contribution is -0.144. The molecule has 0 aliphatic carbocycles. The highest BCUT2D eigenvalue weighted by Gasteiger charge is 2.44. The molecule has 50 heavy (non-hydrogen) atoms. The number of nitrogens with one attached hydrogen (secondary N) is 2. The van der Waals surface area contributed by atoms with E-state index in [0.29, 0.717) is 13.0 Å². The lowest BCUT2D eigenvalue weighted by Crippen LogP contribution is -2.57. The van der Waals surface area contributed by atoms with Crippen LogP contribution < -0.4 is 10.6 Å². The van der Waals surface area contributed by atoms with Gasteiger partial charge in [-0.15, -0.1) is 11.3 Å². The Labute approximate surface area is 302 Å². The Morgan fingerprint density at radius 1 is 0.880 bits per heavy atom. The van der Waals surface area contributed by atoms with Crippen molar-refractivity contribution < 1.29 is 29.4 Å². The van der Waals surface area contributed by atoms with Gasteiger partial charge in [-0.2, -0.15) is 0 Å². The van der Waals surface area contributed by atoms with E-state index in [4.69, 9.17) is 5.11 Å². The smallest absolute Gasteiger partial charge is 0.303 e. The maximum absolute atomic E-state index is 13.9. The molecule has 1 fully saturated rings. The van der Waals surface area contributed by atoms with E-state index in [1.165, 1.54) is 43.4 Å².